The molecular formula is C16H32N2O. The summed E-state index contributed by atoms with van der Waals surface area (Å²) in [5.74, 6) is 0.731. The van der Waals surface area contributed by atoms with Gasteiger partial charge in [-0.05, 0) is 44.7 Å². The predicted octanol–water partition coefficient (Wildman–Crippen LogP) is 2.51. The number of nitrogens with zero attached hydrogens (tertiary/aromatic N) is 1. The minimum Gasteiger partial charge on any atom is -0.381 e. The van der Waals surface area contributed by atoms with Gasteiger partial charge in [0.25, 0.3) is 0 Å². The summed E-state index contributed by atoms with van der Waals surface area (Å²) in [5.41, 5.74) is 0.368. The Morgan fingerprint density at radius 2 is 2.26 bits per heavy atom. The summed E-state index contributed by atoms with van der Waals surface area (Å²) >= 11 is 0. The van der Waals surface area contributed by atoms with E-state index in [1.54, 1.807) is 0 Å². The first-order valence-electron chi connectivity index (χ1n) is 8.18. The Kier molecular flexibility index (Phi) is 5.67. The third-order valence-electron chi connectivity index (χ3n) is 4.75. The minimum absolute atomic E-state index is 0.368. The van der Waals surface area contributed by atoms with Crippen molar-refractivity contribution in [2.75, 3.05) is 39.4 Å². The van der Waals surface area contributed by atoms with E-state index in [1.807, 2.05) is 0 Å². The molecule has 2 atom stereocenters. The number of hydrogen-bond acceptors (Lipinski definition) is 3. The molecule has 3 nitrogen and oxygen atoms in total. The monoisotopic (exact) mass is 268 g/mol. The highest BCUT2D eigenvalue weighted by atomic mass is 16.5. The molecular weight excluding hydrogens is 236 g/mol. The zero-order valence-electron chi connectivity index (χ0n) is 13.1. The lowest BCUT2D eigenvalue weighted by Gasteiger charge is -2.35. The van der Waals surface area contributed by atoms with E-state index in [1.165, 1.54) is 38.8 Å². The maximum Gasteiger partial charge on any atom is 0.0547 e. The van der Waals surface area contributed by atoms with E-state index in [9.17, 15) is 0 Å². The molecule has 0 aliphatic carbocycles. The Labute approximate surface area is 119 Å². The van der Waals surface area contributed by atoms with Gasteiger partial charge in [-0.3, -0.25) is 4.90 Å². The van der Waals surface area contributed by atoms with Crippen LogP contribution in [-0.4, -0.2) is 50.3 Å². The quantitative estimate of drug-likeness (QED) is 0.768. The summed E-state index contributed by atoms with van der Waals surface area (Å²) in [6.07, 6.45) is 5.31. The van der Waals surface area contributed by atoms with Crippen LogP contribution in [0.25, 0.3) is 0 Å². The van der Waals surface area contributed by atoms with Crippen LogP contribution in [0, 0.1) is 11.3 Å². The molecule has 0 radical (unpaired) electrons. The fourth-order valence-electron chi connectivity index (χ4n) is 3.59. The molecule has 1 N–H and O–H groups in total. The molecule has 0 bridgehead atoms. The number of rotatable bonds is 7. The maximum absolute atomic E-state index is 5.73. The van der Waals surface area contributed by atoms with Gasteiger partial charge in [-0.1, -0.05) is 20.8 Å². The van der Waals surface area contributed by atoms with E-state index in [-0.39, 0.29) is 0 Å². The average Bonchev–Trinajstić information content (AvgIpc) is 2.99. The van der Waals surface area contributed by atoms with Crippen LogP contribution in [0.5, 0.6) is 0 Å². The molecule has 2 unspecified atom stereocenters. The first kappa shape index (κ1) is 15.3. The molecule has 0 amide bonds. The molecule has 0 saturated carbocycles. The van der Waals surface area contributed by atoms with E-state index < -0.39 is 0 Å². The van der Waals surface area contributed by atoms with Crippen LogP contribution < -0.4 is 5.32 Å². The molecule has 2 rings (SSSR count). The molecule has 2 saturated heterocycles. The zero-order chi connectivity index (χ0) is 13.7. The van der Waals surface area contributed by atoms with Crippen LogP contribution in [0.2, 0.25) is 0 Å². The van der Waals surface area contributed by atoms with Gasteiger partial charge in [0.1, 0.15) is 0 Å². The lowest BCUT2D eigenvalue weighted by Crippen LogP contribution is -2.46. The summed E-state index contributed by atoms with van der Waals surface area (Å²) in [4.78, 5) is 2.73. The van der Waals surface area contributed by atoms with Gasteiger partial charge in [0.05, 0.1) is 6.61 Å². The van der Waals surface area contributed by atoms with Crippen LogP contribution in [0.15, 0.2) is 0 Å². The SMILES string of the molecule is CCC1CCCN1CC1(CNCC(C)C)CCOC1. The molecule has 2 fully saturated rings. The Hall–Kier alpha value is -0.120. The van der Waals surface area contributed by atoms with Crippen LogP contribution in [-0.2, 0) is 4.74 Å². The zero-order valence-corrected chi connectivity index (χ0v) is 13.1. The van der Waals surface area contributed by atoms with Crippen molar-refractivity contribution < 1.29 is 4.74 Å². The number of nitrogens with one attached hydrogen (secondary N) is 1. The van der Waals surface area contributed by atoms with E-state index in [4.69, 9.17) is 4.74 Å². The van der Waals surface area contributed by atoms with Crippen molar-refractivity contribution in [3.05, 3.63) is 0 Å². The molecule has 2 aliphatic rings. The molecule has 2 aliphatic heterocycles. The highest BCUT2D eigenvalue weighted by molar-refractivity contribution is 4.91. The maximum atomic E-state index is 5.73. The molecule has 0 aromatic rings. The van der Waals surface area contributed by atoms with Crippen molar-refractivity contribution in [2.24, 2.45) is 11.3 Å². The van der Waals surface area contributed by atoms with E-state index in [2.05, 4.69) is 31.0 Å². The molecule has 0 aromatic heterocycles. The second-order valence-electron chi connectivity index (χ2n) is 7.00. The lowest BCUT2D eigenvalue weighted by atomic mass is 9.86. The Morgan fingerprint density at radius 1 is 1.42 bits per heavy atom. The van der Waals surface area contributed by atoms with Gasteiger partial charge in [0.2, 0.25) is 0 Å². The first-order valence-corrected chi connectivity index (χ1v) is 8.18. The van der Waals surface area contributed by atoms with E-state index in [0.717, 1.165) is 38.3 Å². The highest BCUT2D eigenvalue weighted by Gasteiger charge is 2.38. The largest absolute Gasteiger partial charge is 0.381 e. The number of likely N-dealkylation sites (tertiary alicyclic amines) is 1. The van der Waals surface area contributed by atoms with E-state index >= 15 is 0 Å². The molecule has 0 spiro atoms. The van der Waals surface area contributed by atoms with Crippen molar-refractivity contribution in [2.45, 2.75) is 52.5 Å². The fourth-order valence-corrected chi connectivity index (χ4v) is 3.59. The van der Waals surface area contributed by atoms with Crippen LogP contribution in [0.1, 0.15) is 46.5 Å². The smallest absolute Gasteiger partial charge is 0.0547 e. The number of ether oxygens (including phenoxy) is 1. The van der Waals surface area contributed by atoms with Crippen molar-refractivity contribution in [3.8, 4) is 0 Å². The summed E-state index contributed by atoms with van der Waals surface area (Å²) in [7, 11) is 0. The van der Waals surface area contributed by atoms with Crippen LogP contribution in [0.4, 0.5) is 0 Å². The average molecular weight is 268 g/mol. The standard InChI is InChI=1S/C16H32N2O/c1-4-15-6-5-8-18(15)12-16(7-9-19-13-16)11-17-10-14(2)3/h14-15,17H,4-13H2,1-3H3. The highest BCUT2D eigenvalue weighted by Crippen LogP contribution is 2.32. The second kappa shape index (κ2) is 7.05. The summed E-state index contributed by atoms with van der Waals surface area (Å²) in [6.45, 7) is 13.6. The Morgan fingerprint density at radius 3 is 2.89 bits per heavy atom. The van der Waals surface area contributed by atoms with E-state index in [0.29, 0.717) is 5.41 Å². The third kappa shape index (κ3) is 4.17. The first-order chi connectivity index (χ1) is 9.15. The van der Waals surface area contributed by atoms with Gasteiger partial charge in [0.15, 0.2) is 0 Å². The van der Waals surface area contributed by atoms with Gasteiger partial charge < -0.3 is 10.1 Å². The van der Waals surface area contributed by atoms with Crippen molar-refractivity contribution in [3.63, 3.8) is 0 Å². The van der Waals surface area contributed by atoms with Gasteiger partial charge in [-0.2, -0.15) is 0 Å². The van der Waals surface area contributed by atoms with Crippen LogP contribution >= 0.6 is 0 Å². The Balaban J connectivity index is 1.87. The molecule has 3 heteroatoms. The van der Waals surface area contributed by atoms with Gasteiger partial charge in [-0.15, -0.1) is 0 Å². The topological polar surface area (TPSA) is 24.5 Å². The third-order valence-corrected chi connectivity index (χ3v) is 4.75. The van der Waals surface area contributed by atoms with Gasteiger partial charge in [-0.25, -0.2) is 0 Å². The predicted molar refractivity (Wildman–Crippen MR) is 80.5 cm³/mol. The van der Waals surface area contributed by atoms with Crippen molar-refractivity contribution in [1.82, 2.24) is 10.2 Å². The lowest BCUT2D eigenvalue weighted by molar-refractivity contribution is 0.101. The second-order valence-corrected chi connectivity index (χ2v) is 7.00. The van der Waals surface area contributed by atoms with Gasteiger partial charge >= 0.3 is 0 Å². The summed E-state index contributed by atoms with van der Waals surface area (Å²) < 4.78 is 5.73. The fraction of sp³-hybridized carbons (Fsp3) is 1.00. The van der Waals surface area contributed by atoms with Crippen molar-refractivity contribution >= 4 is 0 Å². The summed E-state index contributed by atoms with van der Waals surface area (Å²) in [5, 5.41) is 3.67. The Bertz CT molecular complexity index is 261. The van der Waals surface area contributed by atoms with Gasteiger partial charge in [0, 0.05) is 31.2 Å². The minimum atomic E-state index is 0.368. The molecule has 112 valence electrons. The number of hydrogen-bond donors (Lipinski definition) is 1. The molecule has 19 heavy (non-hydrogen) atoms. The van der Waals surface area contributed by atoms with Crippen LogP contribution in [0.3, 0.4) is 0 Å². The molecule has 0 aromatic carbocycles. The van der Waals surface area contributed by atoms with Crippen molar-refractivity contribution in [1.29, 1.82) is 0 Å². The molecule has 2 heterocycles. The summed E-state index contributed by atoms with van der Waals surface area (Å²) in [6, 6.07) is 0.822. The normalized spacial score (nSPS) is 32.5.